The lowest BCUT2D eigenvalue weighted by atomic mass is 10.2. The van der Waals surface area contributed by atoms with Crippen molar-refractivity contribution in [2.75, 3.05) is 12.1 Å². The van der Waals surface area contributed by atoms with Crippen LogP contribution in [0.1, 0.15) is 5.56 Å². The minimum atomic E-state index is 0.246. The molecule has 0 saturated heterocycles. The SMILES string of the molecule is Clc1ccc(CNc2ccnc(-c3ccc4c(c3)OCO4)n2)cn1. The molecule has 0 radical (unpaired) electrons. The monoisotopic (exact) mass is 340 g/mol. The maximum atomic E-state index is 5.79. The lowest BCUT2D eigenvalue weighted by Gasteiger charge is -2.07. The second-order valence-corrected chi connectivity index (χ2v) is 5.56. The number of anilines is 1. The average molecular weight is 341 g/mol. The first-order valence-electron chi connectivity index (χ1n) is 7.35. The smallest absolute Gasteiger partial charge is 0.231 e. The molecule has 3 aromatic rings. The van der Waals surface area contributed by atoms with Crippen molar-refractivity contribution in [2.45, 2.75) is 6.54 Å². The summed E-state index contributed by atoms with van der Waals surface area (Å²) < 4.78 is 10.7. The summed E-state index contributed by atoms with van der Waals surface area (Å²) in [6.45, 7) is 0.845. The largest absolute Gasteiger partial charge is 0.454 e. The van der Waals surface area contributed by atoms with Gasteiger partial charge in [0.1, 0.15) is 11.0 Å². The van der Waals surface area contributed by atoms with Crippen molar-refractivity contribution >= 4 is 17.4 Å². The van der Waals surface area contributed by atoms with E-state index < -0.39 is 0 Å². The van der Waals surface area contributed by atoms with Crippen molar-refractivity contribution in [1.29, 1.82) is 0 Å². The van der Waals surface area contributed by atoms with Gasteiger partial charge in [0.05, 0.1) is 0 Å². The fourth-order valence-corrected chi connectivity index (χ4v) is 2.45. The molecule has 1 aliphatic rings. The summed E-state index contributed by atoms with van der Waals surface area (Å²) in [5, 5.41) is 3.73. The number of fused-ring (bicyclic) bond motifs is 1. The summed E-state index contributed by atoms with van der Waals surface area (Å²) in [5.41, 5.74) is 1.89. The summed E-state index contributed by atoms with van der Waals surface area (Å²) >= 11 is 5.79. The average Bonchev–Trinajstić information content (AvgIpc) is 3.09. The molecule has 1 N–H and O–H groups in total. The molecule has 0 unspecified atom stereocenters. The van der Waals surface area contributed by atoms with Gasteiger partial charge in [-0.3, -0.25) is 0 Å². The summed E-state index contributed by atoms with van der Waals surface area (Å²) in [6, 6.07) is 11.2. The highest BCUT2D eigenvalue weighted by atomic mass is 35.5. The van der Waals surface area contributed by atoms with E-state index in [9.17, 15) is 0 Å². The third-order valence-corrected chi connectivity index (χ3v) is 3.77. The van der Waals surface area contributed by atoms with Crippen LogP contribution in [0.3, 0.4) is 0 Å². The van der Waals surface area contributed by atoms with Crippen LogP contribution in [0.25, 0.3) is 11.4 Å². The Kier molecular flexibility index (Phi) is 3.88. The van der Waals surface area contributed by atoms with E-state index in [1.807, 2.05) is 30.3 Å². The number of pyridine rings is 1. The lowest BCUT2D eigenvalue weighted by molar-refractivity contribution is 0.174. The number of benzene rings is 1. The predicted molar refractivity (Wildman–Crippen MR) is 90.2 cm³/mol. The first kappa shape index (κ1) is 14.7. The molecule has 0 spiro atoms. The number of hydrogen-bond acceptors (Lipinski definition) is 6. The molecule has 1 aromatic carbocycles. The van der Waals surface area contributed by atoms with Crippen molar-refractivity contribution in [3.8, 4) is 22.9 Å². The third-order valence-electron chi connectivity index (χ3n) is 3.55. The van der Waals surface area contributed by atoms with Crippen LogP contribution in [0.4, 0.5) is 5.82 Å². The molecule has 4 rings (SSSR count). The van der Waals surface area contributed by atoms with E-state index in [1.165, 1.54) is 0 Å². The van der Waals surface area contributed by atoms with Gasteiger partial charge in [0.15, 0.2) is 17.3 Å². The highest BCUT2D eigenvalue weighted by Gasteiger charge is 2.14. The lowest BCUT2D eigenvalue weighted by Crippen LogP contribution is -2.03. The van der Waals surface area contributed by atoms with Crippen molar-refractivity contribution in [3.63, 3.8) is 0 Å². The molecule has 6 nitrogen and oxygen atoms in total. The van der Waals surface area contributed by atoms with Crippen molar-refractivity contribution in [1.82, 2.24) is 15.0 Å². The van der Waals surface area contributed by atoms with E-state index in [-0.39, 0.29) is 6.79 Å². The maximum absolute atomic E-state index is 5.79. The second kappa shape index (κ2) is 6.33. The van der Waals surface area contributed by atoms with Gasteiger partial charge in [-0.05, 0) is 35.9 Å². The number of ether oxygens (including phenoxy) is 2. The fourth-order valence-electron chi connectivity index (χ4n) is 2.34. The quantitative estimate of drug-likeness (QED) is 0.733. The Morgan fingerprint density at radius 2 is 1.96 bits per heavy atom. The molecule has 120 valence electrons. The van der Waals surface area contributed by atoms with Gasteiger partial charge < -0.3 is 14.8 Å². The van der Waals surface area contributed by atoms with Crippen LogP contribution in [0.2, 0.25) is 5.15 Å². The van der Waals surface area contributed by atoms with E-state index >= 15 is 0 Å². The Morgan fingerprint density at radius 3 is 2.83 bits per heavy atom. The minimum absolute atomic E-state index is 0.246. The summed E-state index contributed by atoms with van der Waals surface area (Å²) in [7, 11) is 0. The van der Waals surface area contributed by atoms with Crippen LogP contribution in [0, 0.1) is 0 Å². The first-order valence-corrected chi connectivity index (χ1v) is 7.73. The second-order valence-electron chi connectivity index (χ2n) is 5.18. The number of hydrogen-bond donors (Lipinski definition) is 1. The van der Waals surface area contributed by atoms with Gasteiger partial charge in [-0.15, -0.1) is 0 Å². The normalized spacial score (nSPS) is 12.2. The van der Waals surface area contributed by atoms with Gasteiger partial charge in [0.25, 0.3) is 0 Å². The van der Waals surface area contributed by atoms with E-state index in [2.05, 4.69) is 20.3 Å². The maximum Gasteiger partial charge on any atom is 0.231 e. The van der Waals surface area contributed by atoms with Crippen molar-refractivity contribution < 1.29 is 9.47 Å². The van der Waals surface area contributed by atoms with Crippen LogP contribution in [-0.2, 0) is 6.54 Å². The van der Waals surface area contributed by atoms with E-state index in [0.717, 1.165) is 22.7 Å². The number of aromatic nitrogens is 3. The number of nitrogens with one attached hydrogen (secondary N) is 1. The van der Waals surface area contributed by atoms with Gasteiger partial charge in [0.2, 0.25) is 6.79 Å². The molecule has 0 atom stereocenters. The zero-order valence-electron chi connectivity index (χ0n) is 12.6. The minimum Gasteiger partial charge on any atom is -0.454 e. The van der Waals surface area contributed by atoms with Gasteiger partial charge in [0, 0.05) is 24.5 Å². The molecular weight excluding hydrogens is 328 g/mol. The zero-order valence-corrected chi connectivity index (χ0v) is 13.3. The van der Waals surface area contributed by atoms with Crippen LogP contribution < -0.4 is 14.8 Å². The standard InChI is InChI=1S/C17H13ClN4O2/c18-15-4-1-11(8-20-15)9-21-16-5-6-19-17(22-16)12-2-3-13-14(7-12)24-10-23-13/h1-8H,9-10H2,(H,19,21,22). The van der Waals surface area contributed by atoms with Crippen molar-refractivity contribution in [3.05, 3.63) is 59.5 Å². The van der Waals surface area contributed by atoms with Crippen LogP contribution in [0.15, 0.2) is 48.8 Å². The molecule has 1 aliphatic heterocycles. The Hall–Kier alpha value is -2.86. The summed E-state index contributed by atoms with van der Waals surface area (Å²) in [6.07, 6.45) is 3.45. The van der Waals surface area contributed by atoms with E-state index in [1.54, 1.807) is 18.5 Å². The van der Waals surface area contributed by atoms with E-state index in [4.69, 9.17) is 21.1 Å². The molecular formula is C17H13ClN4O2. The summed E-state index contributed by atoms with van der Waals surface area (Å²) in [4.78, 5) is 12.9. The predicted octanol–water partition coefficient (Wildman–Crippen LogP) is 3.53. The van der Waals surface area contributed by atoms with Crippen LogP contribution in [0.5, 0.6) is 11.5 Å². The number of halogens is 1. The number of rotatable bonds is 4. The molecule has 3 heterocycles. The van der Waals surface area contributed by atoms with Gasteiger partial charge in [-0.1, -0.05) is 17.7 Å². The summed E-state index contributed by atoms with van der Waals surface area (Å²) in [5.74, 6) is 2.80. The Balaban J connectivity index is 1.52. The highest BCUT2D eigenvalue weighted by molar-refractivity contribution is 6.29. The number of nitrogens with zero attached hydrogens (tertiary/aromatic N) is 3. The molecule has 0 saturated carbocycles. The van der Waals surface area contributed by atoms with Crippen molar-refractivity contribution in [2.24, 2.45) is 0 Å². The van der Waals surface area contributed by atoms with Gasteiger partial charge >= 0.3 is 0 Å². The molecule has 0 aliphatic carbocycles. The first-order chi connectivity index (χ1) is 11.8. The van der Waals surface area contributed by atoms with Gasteiger partial charge in [-0.25, -0.2) is 15.0 Å². The fraction of sp³-hybridized carbons (Fsp3) is 0.118. The Labute approximate surface area is 143 Å². The van der Waals surface area contributed by atoms with Crippen LogP contribution in [-0.4, -0.2) is 21.7 Å². The van der Waals surface area contributed by atoms with Gasteiger partial charge in [-0.2, -0.15) is 0 Å². The molecule has 0 amide bonds. The van der Waals surface area contributed by atoms with Crippen LogP contribution >= 0.6 is 11.6 Å². The molecule has 0 fully saturated rings. The Bertz CT molecular complexity index is 871. The van der Waals surface area contributed by atoms with E-state index in [0.29, 0.717) is 23.3 Å². The molecule has 2 aromatic heterocycles. The topological polar surface area (TPSA) is 69.2 Å². The Morgan fingerprint density at radius 1 is 1.04 bits per heavy atom. The molecule has 7 heteroatoms. The third kappa shape index (κ3) is 3.09. The highest BCUT2D eigenvalue weighted by Crippen LogP contribution is 2.35. The molecule has 24 heavy (non-hydrogen) atoms. The zero-order chi connectivity index (χ0) is 16.4. The molecule has 0 bridgehead atoms.